The third kappa shape index (κ3) is 1.71. The number of nitrogens with one attached hydrogen (secondary N) is 1. The van der Waals surface area contributed by atoms with Crippen LogP contribution in [0.4, 0.5) is 8.78 Å². The molecule has 1 N–H and O–H groups in total. The summed E-state index contributed by atoms with van der Waals surface area (Å²) in [6.45, 7) is 0. The van der Waals surface area contributed by atoms with E-state index in [-0.39, 0.29) is 0 Å². The van der Waals surface area contributed by atoms with Gasteiger partial charge in [0.2, 0.25) is 5.82 Å². The van der Waals surface area contributed by atoms with Crippen molar-refractivity contribution in [1.29, 1.82) is 0 Å². The summed E-state index contributed by atoms with van der Waals surface area (Å²) in [5.41, 5.74) is -2.01. The van der Waals surface area contributed by atoms with Crippen molar-refractivity contribution < 1.29 is 13.5 Å². The lowest BCUT2D eigenvalue weighted by molar-refractivity contribution is 0.0149. The Kier molecular flexibility index (Phi) is 2.89. The van der Waals surface area contributed by atoms with E-state index in [1.54, 1.807) is 0 Å². The molecule has 2 rings (SSSR count). The molecule has 1 fully saturated rings. The lowest BCUT2D eigenvalue weighted by Gasteiger charge is -2.69. The highest BCUT2D eigenvalue weighted by Crippen LogP contribution is 2.39. The molecule has 9 heteroatoms. The highest BCUT2D eigenvalue weighted by molar-refractivity contribution is 6.56. The van der Waals surface area contributed by atoms with Gasteiger partial charge in [0.05, 0.1) is 36.9 Å². The van der Waals surface area contributed by atoms with E-state index in [1.165, 1.54) is 6.07 Å². The second-order valence-electron chi connectivity index (χ2n) is 4.25. The zero-order valence-corrected chi connectivity index (χ0v) is 9.28. The first kappa shape index (κ1) is 13.6. The molecule has 10 radical (unpaired) electrons. The summed E-state index contributed by atoms with van der Waals surface area (Å²) in [5, 5.41) is -1.22. The number of benzene rings is 1. The molecule has 0 saturated carbocycles. The molecule has 1 aromatic carbocycles. The van der Waals surface area contributed by atoms with E-state index in [9.17, 15) is 8.78 Å². The first-order chi connectivity index (χ1) is 8.11. The average molecular weight is 234 g/mol. The third-order valence-electron chi connectivity index (χ3n) is 2.83. The average Bonchev–Trinajstić information content (AvgIpc) is 2.22. The van der Waals surface area contributed by atoms with E-state index < -0.39 is 33.6 Å². The Balaban J connectivity index is 2.36. The van der Waals surface area contributed by atoms with Crippen LogP contribution in [0.1, 0.15) is 0 Å². The van der Waals surface area contributed by atoms with Gasteiger partial charge in [0.15, 0.2) is 11.6 Å². The van der Waals surface area contributed by atoms with Gasteiger partial charge in [-0.1, -0.05) is 6.07 Å². The van der Waals surface area contributed by atoms with E-state index in [2.05, 4.69) is 5.32 Å². The van der Waals surface area contributed by atoms with Gasteiger partial charge in [0.25, 0.3) is 0 Å². The summed E-state index contributed by atoms with van der Waals surface area (Å²) < 4.78 is 31.6. The molecular weight excluding hydrogens is 230 g/mol. The largest absolute Gasteiger partial charge is 0.494 e. The molecule has 0 bridgehead atoms. The van der Waals surface area contributed by atoms with E-state index in [0.717, 1.165) is 12.1 Å². The fourth-order valence-electron chi connectivity index (χ4n) is 1.71. The maximum absolute atomic E-state index is 13.5. The Morgan fingerprint density at radius 2 is 1.56 bits per heavy atom. The van der Waals surface area contributed by atoms with Crippen molar-refractivity contribution in [3.05, 3.63) is 29.8 Å². The van der Waals surface area contributed by atoms with Crippen LogP contribution in [0.25, 0.3) is 0 Å². The van der Waals surface area contributed by atoms with Crippen molar-refractivity contribution in [2.75, 3.05) is 0 Å². The molecular formula is C9H4B5F2NO. The van der Waals surface area contributed by atoms with Crippen molar-refractivity contribution in [3.63, 3.8) is 0 Å². The minimum atomic E-state index is -2.01. The highest BCUT2D eigenvalue weighted by atomic mass is 19.2. The Hall–Kier alpha value is -0.835. The van der Waals surface area contributed by atoms with Crippen LogP contribution < -0.4 is 10.1 Å². The molecule has 1 aliphatic rings. The minimum Gasteiger partial charge on any atom is -0.494 e. The summed E-state index contributed by atoms with van der Waals surface area (Å²) in [4.78, 5) is 0. The predicted molar refractivity (Wildman–Crippen MR) is 67.1 cm³/mol. The fourth-order valence-corrected chi connectivity index (χ4v) is 1.71. The number of ether oxygens (including phenoxy) is 1. The summed E-state index contributed by atoms with van der Waals surface area (Å²) in [6.07, 6.45) is 0. The third-order valence-corrected chi connectivity index (χ3v) is 2.83. The van der Waals surface area contributed by atoms with Crippen molar-refractivity contribution in [2.24, 2.45) is 0 Å². The lowest BCUT2D eigenvalue weighted by Crippen LogP contribution is -2.94. The van der Waals surface area contributed by atoms with Crippen LogP contribution in [0, 0.1) is 11.6 Å². The van der Waals surface area contributed by atoms with E-state index >= 15 is 0 Å². The highest BCUT2D eigenvalue weighted by Gasteiger charge is 2.61. The summed E-state index contributed by atoms with van der Waals surface area (Å²) >= 11 is 0. The van der Waals surface area contributed by atoms with Crippen LogP contribution in [0.3, 0.4) is 0 Å². The van der Waals surface area contributed by atoms with Gasteiger partial charge in [-0.3, -0.25) is 0 Å². The fraction of sp³-hybridized carbons (Fsp3) is 0.333. The standard InChI is InChI=1S/C9H4B5F2NO/c10-7(8(11,12)17-9(7,13)14)18-5-3-1-2-4(15)6(5)16/h1-3,17H. The van der Waals surface area contributed by atoms with Gasteiger partial charge in [-0.15, -0.1) is 0 Å². The molecule has 80 valence electrons. The Morgan fingerprint density at radius 1 is 1.00 bits per heavy atom. The number of halogens is 2. The summed E-state index contributed by atoms with van der Waals surface area (Å²) in [7, 11) is 27.9. The van der Waals surface area contributed by atoms with Crippen molar-refractivity contribution in [3.8, 4) is 5.75 Å². The van der Waals surface area contributed by atoms with E-state index in [1.807, 2.05) is 0 Å². The lowest BCUT2D eigenvalue weighted by atomic mass is 9.27. The number of hydrogen-bond acceptors (Lipinski definition) is 2. The molecule has 0 spiro atoms. The zero-order valence-electron chi connectivity index (χ0n) is 9.28. The molecule has 0 aromatic heterocycles. The van der Waals surface area contributed by atoms with Crippen molar-refractivity contribution in [2.45, 2.75) is 16.2 Å². The first-order valence-electron chi connectivity index (χ1n) is 4.97. The monoisotopic (exact) mass is 235 g/mol. The van der Waals surface area contributed by atoms with Crippen LogP contribution in [0.2, 0.25) is 0 Å². The molecule has 1 aromatic rings. The van der Waals surface area contributed by atoms with E-state index in [4.69, 9.17) is 44.0 Å². The maximum atomic E-state index is 13.5. The van der Waals surface area contributed by atoms with E-state index in [0.29, 0.717) is 0 Å². The molecule has 1 saturated heterocycles. The maximum Gasteiger partial charge on any atom is 0.200 e. The van der Waals surface area contributed by atoms with Gasteiger partial charge in [0, 0.05) is 0 Å². The zero-order chi connectivity index (χ0) is 13.8. The smallest absolute Gasteiger partial charge is 0.200 e. The van der Waals surface area contributed by atoms with Crippen LogP contribution in [0.15, 0.2) is 18.2 Å². The normalized spacial score (nSPS) is 23.0. The minimum absolute atomic E-state index is 0.487. The van der Waals surface area contributed by atoms with Gasteiger partial charge in [0.1, 0.15) is 7.85 Å². The van der Waals surface area contributed by atoms with Crippen molar-refractivity contribution >= 4 is 39.2 Å². The molecule has 0 atom stereocenters. The molecule has 0 aliphatic carbocycles. The van der Waals surface area contributed by atoms with Crippen molar-refractivity contribution in [1.82, 2.24) is 5.32 Å². The summed E-state index contributed by atoms with van der Waals surface area (Å²) in [5.74, 6) is -2.83. The predicted octanol–water partition coefficient (Wildman–Crippen LogP) is -1.21. The van der Waals surface area contributed by atoms with Gasteiger partial charge in [-0.2, -0.15) is 4.39 Å². The Morgan fingerprint density at radius 3 is 2.06 bits per heavy atom. The first-order valence-corrected chi connectivity index (χ1v) is 4.97. The Bertz CT molecular complexity index is 482. The molecule has 2 nitrogen and oxygen atoms in total. The van der Waals surface area contributed by atoms with Gasteiger partial charge < -0.3 is 10.1 Å². The topological polar surface area (TPSA) is 21.3 Å². The second kappa shape index (κ2) is 3.83. The molecule has 18 heavy (non-hydrogen) atoms. The summed E-state index contributed by atoms with van der Waals surface area (Å²) in [6, 6.07) is 3.30. The Labute approximate surface area is 110 Å². The van der Waals surface area contributed by atoms with Gasteiger partial charge in [-0.25, -0.2) is 4.39 Å². The molecule has 0 amide bonds. The van der Waals surface area contributed by atoms with Crippen LogP contribution >= 0.6 is 0 Å². The molecule has 1 heterocycles. The van der Waals surface area contributed by atoms with Crippen LogP contribution in [0.5, 0.6) is 5.75 Å². The molecule has 1 aliphatic heterocycles. The van der Waals surface area contributed by atoms with Gasteiger partial charge >= 0.3 is 0 Å². The van der Waals surface area contributed by atoms with Crippen LogP contribution in [-0.2, 0) is 0 Å². The second-order valence-corrected chi connectivity index (χ2v) is 4.25. The SMILES string of the molecule is [B]C1([B])NC([B])([B])C1([B])Oc1cccc(F)c1F. The number of rotatable bonds is 2. The molecule has 0 unspecified atom stereocenters. The number of hydrogen-bond donors (Lipinski definition) is 1. The quantitative estimate of drug-likeness (QED) is 0.649. The van der Waals surface area contributed by atoms with Crippen LogP contribution in [-0.4, -0.2) is 55.4 Å². The van der Waals surface area contributed by atoms with Gasteiger partial charge in [-0.05, 0) is 22.8 Å².